The first-order valence-electron chi connectivity index (χ1n) is 13.0. The van der Waals surface area contributed by atoms with Crippen LogP contribution in [0.3, 0.4) is 0 Å². The number of ether oxygens (including phenoxy) is 1. The van der Waals surface area contributed by atoms with Gasteiger partial charge in [-0.3, -0.25) is 4.79 Å². The molecule has 40 heavy (non-hydrogen) atoms. The van der Waals surface area contributed by atoms with E-state index < -0.39 is 33.7 Å². The van der Waals surface area contributed by atoms with Gasteiger partial charge in [-0.05, 0) is 47.9 Å². The molecule has 3 heterocycles. The van der Waals surface area contributed by atoms with E-state index in [0.29, 0.717) is 48.2 Å². The Morgan fingerprint density at radius 2 is 1.85 bits per heavy atom. The summed E-state index contributed by atoms with van der Waals surface area (Å²) in [6, 6.07) is 15.0. The molecule has 2 fully saturated rings. The fraction of sp³-hybridized carbons (Fsp3) is 0.393. The smallest absolute Gasteiger partial charge is 0.228 e. The van der Waals surface area contributed by atoms with Crippen molar-refractivity contribution in [2.75, 3.05) is 51.0 Å². The molecule has 2 aliphatic rings. The van der Waals surface area contributed by atoms with E-state index in [-0.39, 0.29) is 19.0 Å². The Morgan fingerprint density at radius 3 is 2.50 bits per heavy atom. The summed E-state index contributed by atoms with van der Waals surface area (Å²) in [7, 11) is -2.08. The monoisotopic (exact) mass is 587 g/mol. The summed E-state index contributed by atoms with van der Waals surface area (Å²) in [5, 5.41) is 8.73. The van der Waals surface area contributed by atoms with Crippen molar-refractivity contribution in [2.45, 2.75) is 18.4 Å². The molecular weight excluding hydrogens is 557 g/mol. The Morgan fingerprint density at radius 1 is 1.07 bits per heavy atom. The zero-order valence-electron chi connectivity index (χ0n) is 22.3. The minimum Gasteiger partial charge on any atom is -0.497 e. The average molecular weight is 588 g/mol. The van der Waals surface area contributed by atoms with Gasteiger partial charge in [0.1, 0.15) is 11.6 Å². The van der Waals surface area contributed by atoms with Crippen LogP contribution in [0.25, 0.3) is 0 Å². The minimum atomic E-state index is -3.56. The van der Waals surface area contributed by atoms with Crippen molar-refractivity contribution in [3.8, 4) is 5.75 Å². The highest BCUT2D eigenvalue weighted by molar-refractivity contribution is 7.88. The number of hydrogen-bond acceptors (Lipinski definition) is 7. The van der Waals surface area contributed by atoms with E-state index in [9.17, 15) is 13.2 Å². The van der Waals surface area contributed by atoms with Crippen LogP contribution >= 0.6 is 11.6 Å². The Bertz CT molecular complexity index is 1460. The van der Waals surface area contributed by atoms with Gasteiger partial charge in [-0.2, -0.15) is 9.40 Å². The third-order valence-corrected chi connectivity index (χ3v) is 9.27. The van der Waals surface area contributed by atoms with Crippen LogP contribution in [0.5, 0.6) is 5.75 Å². The number of carbonyl (C=O) groups excluding carboxylic acids is 1. The Kier molecular flexibility index (Phi) is 8.25. The summed E-state index contributed by atoms with van der Waals surface area (Å²) in [5.74, 6) is -0.583. The van der Waals surface area contributed by atoms with Crippen LogP contribution in [0.1, 0.15) is 29.5 Å². The zero-order chi connectivity index (χ0) is 28.4. The van der Waals surface area contributed by atoms with Crippen LogP contribution in [-0.4, -0.2) is 79.8 Å². The lowest BCUT2D eigenvalue weighted by molar-refractivity contribution is -0.135. The van der Waals surface area contributed by atoms with Crippen molar-refractivity contribution >= 4 is 33.3 Å². The van der Waals surface area contributed by atoms with Crippen LogP contribution in [0.15, 0.2) is 60.8 Å². The number of anilines is 1. The Hall–Kier alpha value is -3.28. The average Bonchev–Trinajstić information content (AvgIpc) is 3.25. The first-order chi connectivity index (χ1) is 19.2. The molecule has 1 amide bonds. The maximum absolute atomic E-state index is 15.3. The summed E-state index contributed by atoms with van der Waals surface area (Å²) in [6.45, 7) is 1.46. The molecule has 0 bridgehead atoms. The molecule has 2 aliphatic heterocycles. The van der Waals surface area contributed by atoms with E-state index in [2.05, 4.69) is 10.2 Å². The topological polar surface area (TPSA) is 95.9 Å². The van der Waals surface area contributed by atoms with Gasteiger partial charge in [0.15, 0.2) is 5.82 Å². The fourth-order valence-electron chi connectivity index (χ4n) is 5.73. The van der Waals surface area contributed by atoms with E-state index in [0.717, 1.165) is 5.56 Å². The molecule has 2 unspecified atom stereocenters. The fourth-order valence-corrected chi connectivity index (χ4v) is 6.96. The SMILES string of the molecule is COc1ccc([C@@H]2CN(c3cccnn3)CC2C(=O)N2CCC(c3ccc(Cl)cc3)N(S(C)(=O)=O)CC2)c(F)c1. The molecule has 3 atom stereocenters. The van der Waals surface area contributed by atoms with Gasteiger partial charge in [-0.1, -0.05) is 29.8 Å². The van der Waals surface area contributed by atoms with Crippen molar-refractivity contribution in [2.24, 2.45) is 5.92 Å². The molecule has 212 valence electrons. The quantitative estimate of drug-likeness (QED) is 0.434. The zero-order valence-corrected chi connectivity index (χ0v) is 23.9. The van der Waals surface area contributed by atoms with E-state index in [1.807, 2.05) is 23.1 Å². The second kappa shape index (κ2) is 11.7. The molecule has 1 aromatic heterocycles. The highest BCUT2D eigenvalue weighted by Crippen LogP contribution is 2.39. The highest BCUT2D eigenvalue weighted by atomic mass is 35.5. The molecule has 0 N–H and O–H groups in total. The third-order valence-electron chi connectivity index (χ3n) is 7.73. The van der Waals surface area contributed by atoms with Crippen molar-refractivity contribution in [3.05, 3.63) is 82.8 Å². The van der Waals surface area contributed by atoms with Gasteiger partial charge in [0.25, 0.3) is 0 Å². The number of hydrogen-bond donors (Lipinski definition) is 0. The molecule has 9 nitrogen and oxygen atoms in total. The lowest BCUT2D eigenvalue weighted by Crippen LogP contribution is -2.42. The number of rotatable bonds is 6. The summed E-state index contributed by atoms with van der Waals surface area (Å²) >= 11 is 6.06. The molecule has 3 aromatic rings. The van der Waals surface area contributed by atoms with Crippen LogP contribution in [0.2, 0.25) is 5.02 Å². The molecule has 0 radical (unpaired) electrons. The minimum absolute atomic E-state index is 0.142. The van der Waals surface area contributed by atoms with Gasteiger partial charge in [0, 0.05) is 55.9 Å². The number of aromatic nitrogens is 2. The maximum Gasteiger partial charge on any atom is 0.228 e. The number of methoxy groups -OCH3 is 1. The van der Waals surface area contributed by atoms with Crippen LogP contribution in [-0.2, 0) is 14.8 Å². The van der Waals surface area contributed by atoms with E-state index in [1.54, 1.807) is 41.4 Å². The summed E-state index contributed by atoms with van der Waals surface area (Å²) in [6.07, 6.45) is 3.18. The van der Waals surface area contributed by atoms with Gasteiger partial charge >= 0.3 is 0 Å². The number of sulfonamides is 1. The molecule has 5 rings (SSSR count). The second-order valence-electron chi connectivity index (χ2n) is 10.1. The summed E-state index contributed by atoms with van der Waals surface area (Å²) in [5.41, 5.74) is 1.24. The number of nitrogens with zero attached hydrogens (tertiary/aromatic N) is 5. The van der Waals surface area contributed by atoms with Gasteiger partial charge in [-0.15, -0.1) is 5.10 Å². The van der Waals surface area contributed by atoms with Crippen molar-refractivity contribution in [1.29, 1.82) is 0 Å². The Balaban J connectivity index is 1.44. The molecular formula is C28H31ClFN5O4S. The highest BCUT2D eigenvalue weighted by Gasteiger charge is 2.43. The number of benzene rings is 2. The molecule has 2 aromatic carbocycles. The van der Waals surface area contributed by atoms with E-state index in [4.69, 9.17) is 16.3 Å². The molecule has 2 saturated heterocycles. The summed E-state index contributed by atoms with van der Waals surface area (Å²) in [4.78, 5) is 17.8. The number of amides is 1. The third kappa shape index (κ3) is 5.91. The van der Waals surface area contributed by atoms with Crippen molar-refractivity contribution < 1.29 is 22.3 Å². The number of halogens is 2. The van der Waals surface area contributed by atoms with Crippen molar-refractivity contribution in [1.82, 2.24) is 19.4 Å². The van der Waals surface area contributed by atoms with Crippen LogP contribution in [0.4, 0.5) is 10.2 Å². The first kappa shape index (κ1) is 28.3. The molecule has 0 saturated carbocycles. The van der Waals surface area contributed by atoms with Crippen LogP contribution in [0, 0.1) is 11.7 Å². The molecule has 12 heteroatoms. The molecule has 0 spiro atoms. The first-order valence-corrected chi connectivity index (χ1v) is 15.3. The van der Waals surface area contributed by atoms with Gasteiger partial charge < -0.3 is 14.5 Å². The predicted octanol–water partition coefficient (Wildman–Crippen LogP) is 3.73. The lowest BCUT2D eigenvalue weighted by atomic mass is 9.87. The normalized spacial score (nSPS) is 22.2. The molecule has 0 aliphatic carbocycles. The van der Waals surface area contributed by atoms with Gasteiger partial charge in [0.2, 0.25) is 15.9 Å². The van der Waals surface area contributed by atoms with E-state index >= 15 is 4.39 Å². The maximum atomic E-state index is 15.3. The van der Waals surface area contributed by atoms with Crippen LogP contribution < -0.4 is 9.64 Å². The lowest BCUT2D eigenvalue weighted by Gasteiger charge is -2.27. The predicted molar refractivity (Wildman–Crippen MR) is 150 cm³/mol. The largest absolute Gasteiger partial charge is 0.497 e. The standard InChI is InChI=1S/C28H31ClFN5O4S/c1-39-21-9-10-22(25(30)16-21)23-17-34(27-4-3-12-31-32-27)18-24(23)28(36)33-13-11-26(19-5-7-20(29)8-6-19)35(15-14-33)40(2,37)38/h3-10,12,16,23-24,26H,11,13-15,17-18H2,1-2H3/t23-,24?,26?/m0/s1. The Labute approximate surface area is 238 Å². The van der Waals surface area contributed by atoms with E-state index in [1.165, 1.54) is 23.7 Å². The van der Waals surface area contributed by atoms with Crippen molar-refractivity contribution in [3.63, 3.8) is 0 Å². The summed E-state index contributed by atoms with van der Waals surface area (Å²) < 4.78 is 47.4. The van der Waals surface area contributed by atoms with Gasteiger partial charge in [-0.25, -0.2) is 12.8 Å². The number of carbonyl (C=O) groups is 1. The second-order valence-corrected chi connectivity index (χ2v) is 12.5. The van der Waals surface area contributed by atoms with Gasteiger partial charge in [0.05, 0.1) is 25.3 Å².